The zero-order valence-corrected chi connectivity index (χ0v) is 10.9. The number of nitrogens with one attached hydrogen (secondary N) is 1. The molecule has 8 heteroatoms. The van der Waals surface area contributed by atoms with Gasteiger partial charge in [0.2, 0.25) is 5.82 Å². The first kappa shape index (κ1) is 15.4. The van der Waals surface area contributed by atoms with Crippen molar-refractivity contribution in [2.24, 2.45) is 5.92 Å². The van der Waals surface area contributed by atoms with Crippen molar-refractivity contribution in [3.05, 3.63) is 27.9 Å². The molecule has 0 aliphatic heterocycles. The monoisotopic (exact) mass is 278 g/mol. The highest BCUT2D eigenvalue weighted by molar-refractivity contribution is 5.66. The second-order valence-electron chi connectivity index (χ2n) is 4.34. The third-order valence-corrected chi connectivity index (χ3v) is 2.70. The van der Waals surface area contributed by atoms with Crippen molar-refractivity contribution < 1.29 is 14.8 Å². The van der Waals surface area contributed by atoms with Crippen molar-refractivity contribution in [2.45, 2.75) is 19.8 Å². The summed E-state index contributed by atoms with van der Waals surface area (Å²) in [6, 6.07) is 3.02. The predicted molar refractivity (Wildman–Crippen MR) is 70.1 cm³/mol. The van der Waals surface area contributed by atoms with Crippen molar-refractivity contribution in [1.29, 1.82) is 5.26 Å². The first-order chi connectivity index (χ1) is 9.45. The molecule has 0 aromatic carbocycles. The standard InChI is InChI=1S/C12H14N4O4/c1-8(2-3-10(17)18)7-15-12-11(16(19)20)9(6-13)4-5-14-12/h4-5,8H,2-3,7H2,1H3,(H,14,15)(H,17,18). The van der Waals surface area contributed by atoms with Crippen LogP contribution in [0.25, 0.3) is 0 Å². The van der Waals surface area contributed by atoms with Crippen LogP contribution >= 0.6 is 0 Å². The summed E-state index contributed by atoms with van der Waals surface area (Å²) in [7, 11) is 0. The number of nitriles is 1. The molecule has 0 saturated carbocycles. The van der Waals surface area contributed by atoms with Crippen molar-refractivity contribution in [2.75, 3.05) is 11.9 Å². The number of carboxylic acid groups (broad SMARTS) is 1. The van der Waals surface area contributed by atoms with Crippen molar-refractivity contribution in [1.82, 2.24) is 4.98 Å². The zero-order valence-electron chi connectivity index (χ0n) is 10.9. The topological polar surface area (TPSA) is 129 Å². The molecule has 106 valence electrons. The molecular formula is C12H14N4O4. The molecule has 0 fully saturated rings. The predicted octanol–water partition coefficient (Wildman–Crippen LogP) is 1.77. The van der Waals surface area contributed by atoms with E-state index in [-0.39, 0.29) is 29.4 Å². The smallest absolute Gasteiger partial charge is 0.328 e. The third-order valence-electron chi connectivity index (χ3n) is 2.70. The SMILES string of the molecule is CC(CCC(=O)O)CNc1nccc(C#N)c1[N+](=O)[O-]. The van der Waals surface area contributed by atoms with E-state index in [4.69, 9.17) is 10.4 Å². The van der Waals surface area contributed by atoms with E-state index in [0.717, 1.165) is 0 Å². The molecule has 1 heterocycles. The van der Waals surface area contributed by atoms with E-state index in [1.807, 2.05) is 6.92 Å². The van der Waals surface area contributed by atoms with Crippen molar-refractivity contribution >= 4 is 17.5 Å². The Hall–Kier alpha value is -2.69. The summed E-state index contributed by atoms with van der Waals surface area (Å²) in [6.45, 7) is 2.17. The number of pyridine rings is 1. The quantitative estimate of drug-likeness (QED) is 0.574. The summed E-state index contributed by atoms with van der Waals surface area (Å²) >= 11 is 0. The maximum absolute atomic E-state index is 11.0. The summed E-state index contributed by atoms with van der Waals surface area (Å²) in [5, 5.41) is 31.2. The lowest BCUT2D eigenvalue weighted by molar-refractivity contribution is -0.384. The maximum Gasteiger partial charge on any atom is 0.328 e. The van der Waals surface area contributed by atoms with Gasteiger partial charge in [-0.2, -0.15) is 5.26 Å². The summed E-state index contributed by atoms with van der Waals surface area (Å²) in [6.07, 6.45) is 1.81. The van der Waals surface area contributed by atoms with E-state index in [9.17, 15) is 14.9 Å². The lowest BCUT2D eigenvalue weighted by Crippen LogP contribution is -2.15. The highest BCUT2D eigenvalue weighted by Gasteiger charge is 2.21. The van der Waals surface area contributed by atoms with Gasteiger partial charge >= 0.3 is 11.7 Å². The minimum atomic E-state index is -0.882. The van der Waals surface area contributed by atoms with Crippen LogP contribution < -0.4 is 5.32 Å². The van der Waals surface area contributed by atoms with Crippen LogP contribution in [-0.2, 0) is 4.79 Å². The molecule has 1 aromatic rings. The molecule has 1 unspecified atom stereocenters. The molecule has 0 bridgehead atoms. The fraction of sp³-hybridized carbons (Fsp3) is 0.417. The van der Waals surface area contributed by atoms with Crippen LogP contribution in [0.3, 0.4) is 0 Å². The van der Waals surface area contributed by atoms with Gasteiger partial charge < -0.3 is 10.4 Å². The van der Waals surface area contributed by atoms with Gasteiger partial charge in [-0.25, -0.2) is 4.98 Å². The molecule has 0 spiro atoms. The Balaban J connectivity index is 2.76. The van der Waals surface area contributed by atoms with Crippen LogP contribution in [0.4, 0.5) is 11.5 Å². The van der Waals surface area contributed by atoms with Crippen LogP contribution in [0.2, 0.25) is 0 Å². The molecule has 0 amide bonds. The summed E-state index contributed by atoms with van der Waals surface area (Å²) < 4.78 is 0. The van der Waals surface area contributed by atoms with Crippen LogP contribution in [-0.4, -0.2) is 27.5 Å². The van der Waals surface area contributed by atoms with Crippen LogP contribution in [0.15, 0.2) is 12.3 Å². The normalized spacial score (nSPS) is 11.4. The van der Waals surface area contributed by atoms with Crippen LogP contribution in [0.5, 0.6) is 0 Å². The number of aliphatic carboxylic acids is 1. The van der Waals surface area contributed by atoms with E-state index < -0.39 is 10.9 Å². The minimum absolute atomic E-state index is 0.0123. The molecule has 1 atom stereocenters. The fourth-order valence-electron chi connectivity index (χ4n) is 1.60. The first-order valence-corrected chi connectivity index (χ1v) is 5.94. The summed E-state index contributed by atoms with van der Waals surface area (Å²) in [5.41, 5.74) is -0.425. The number of aromatic nitrogens is 1. The lowest BCUT2D eigenvalue weighted by Gasteiger charge is -2.12. The fourth-order valence-corrected chi connectivity index (χ4v) is 1.60. The number of nitro groups is 1. The second-order valence-corrected chi connectivity index (χ2v) is 4.34. The number of hydrogen-bond donors (Lipinski definition) is 2. The first-order valence-electron chi connectivity index (χ1n) is 5.94. The van der Waals surface area contributed by atoms with E-state index in [2.05, 4.69) is 10.3 Å². The highest BCUT2D eigenvalue weighted by atomic mass is 16.6. The Labute approximate surface area is 115 Å². The van der Waals surface area contributed by atoms with E-state index in [1.165, 1.54) is 12.3 Å². The minimum Gasteiger partial charge on any atom is -0.481 e. The van der Waals surface area contributed by atoms with Crippen molar-refractivity contribution in [3.63, 3.8) is 0 Å². The average molecular weight is 278 g/mol. The molecule has 1 aromatic heterocycles. The van der Waals surface area contributed by atoms with Gasteiger partial charge in [-0.15, -0.1) is 0 Å². The second kappa shape index (κ2) is 7.04. The lowest BCUT2D eigenvalue weighted by atomic mass is 10.1. The largest absolute Gasteiger partial charge is 0.481 e. The van der Waals surface area contributed by atoms with Crippen LogP contribution in [0, 0.1) is 27.4 Å². The number of rotatable bonds is 7. The summed E-state index contributed by atoms with van der Waals surface area (Å²) in [4.78, 5) is 24.6. The Morgan fingerprint density at radius 3 is 2.95 bits per heavy atom. The number of carboxylic acids is 1. The van der Waals surface area contributed by atoms with Gasteiger partial charge in [0.05, 0.1) is 4.92 Å². The molecule has 0 aliphatic carbocycles. The maximum atomic E-state index is 11.0. The number of nitrogens with zero attached hydrogens (tertiary/aromatic N) is 3. The van der Waals surface area contributed by atoms with Crippen LogP contribution in [0.1, 0.15) is 25.3 Å². The summed E-state index contributed by atoms with van der Waals surface area (Å²) in [5.74, 6) is -0.845. The van der Waals surface area contributed by atoms with E-state index >= 15 is 0 Å². The van der Waals surface area contributed by atoms with Gasteiger partial charge in [0.15, 0.2) is 0 Å². The third kappa shape index (κ3) is 4.20. The van der Waals surface area contributed by atoms with Gasteiger partial charge in [0.25, 0.3) is 0 Å². The van der Waals surface area contributed by atoms with Gasteiger partial charge in [0.1, 0.15) is 11.6 Å². The molecule has 20 heavy (non-hydrogen) atoms. The Kier molecular flexibility index (Phi) is 5.41. The molecule has 2 N–H and O–H groups in total. The Morgan fingerprint density at radius 2 is 2.40 bits per heavy atom. The van der Waals surface area contributed by atoms with E-state index in [1.54, 1.807) is 6.07 Å². The zero-order chi connectivity index (χ0) is 15.1. The Morgan fingerprint density at radius 1 is 1.70 bits per heavy atom. The molecule has 8 nitrogen and oxygen atoms in total. The van der Waals surface area contributed by atoms with Gasteiger partial charge in [-0.05, 0) is 18.4 Å². The number of anilines is 1. The molecule has 1 rings (SSSR count). The molecule has 0 aliphatic rings. The van der Waals surface area contributed by atoms with Gasteiger partial charge in [0, 0.05) is 19.2 Å². The molecule has 0 saturated heterocycles. The number of carbonyl (C=O) groups is 1. The van der Waals surface area contributed by atoms with E-state index in [0.29, 0.717) is 13.0 Å². The highest BCUT2D eigenvalue weighted by Crippen LogP contribution is 2.25. The van der Waals surface area contributed by atoms with Crippen molar-refractivity contribution in [3.8, 4) is 6.07 Å². The Bertz CT molecular complexity index is 553. The van der Waals surface area contributed by atoms with Gasteiger partial charge in [-0.1, -0.05) is 6.92 Å². The number of hydrogen-bond acceptors (Lipinski definition) is 6. The molecule has 0 radical (unpaired) electrons. The average Bonchev–Trinajstić information content (AvgIpc) is 2.41. The molecular weight excluding hydrogens is 264 g/mol. The van der Waals surface area contributed by atoms with Gasteiger partial charge in [-0.3, -0.25) is 14.9 Å².